The summed E-state index contributed by atoms with van der Waals surface area (Å²) >= 11 is 0. The Morgan fingerprint density at radius 1 is 1.00 bits per heavy atom. The Balaban J connectivity index is 1.88. The van der Waals surface area contributed by atoms with Crippen LogP contribution >= 0.6 is 0 Å². The summed E-state index contributed by atoms with van der Waals surface area (Å²) in [7, 11) is 1.46. The fourth-order valence-corrected chi connectivity index (χ4v) is 3.82. The van der Waals surface area contributed by atoms with Crippen LogP contribution < -0.4 is 9.47 Å². The van der Waals surface area contributed by atoms with Gasteiger partial charge in [-0.15, -0.1) is 0 Å². The molecular formula is C24H28O5. The Morgan fingerprint density at radius 2 is 1.79 bits per heavy atom. The Morgan fingerprint density at radius 3 is 2.55 bits per heavy atom. The molecule has 0 radical (unpaired) electrons. The standard InChI is InChI=1S/C24H28O5/c1-3-4-5-6-8-16(25)15-29-23-20(12-14-22(27)24(23)28-2)17-9-7-10-19-18(17)11-13-21(19)26/h7,9-10,12,14,27H,3-6,8,11,13,15H2,1-2H3. The maximum absolute atomic E-state index is 12.3. The molecule has 1 N–H and O–H groups in total. The van der Waals surface area contributed by atoms with Gasteiger partial charge in [0, 0.05) is 24.0 Å². The third-order valence-electron chi connectivity index (χ3n) is 5.35. The van der Waals surface area contributed by atoms with Gasteiger partial charge in [-0.3, -0.25) is 9.59 Å². The van der Waals surface area contributed by atoms with Gasteiger partial charge in [0.15, 0.2) is 23.1 Å². The number of methoxy groups -OCH3 is 1. The van der Waals surface area contributed by atoms with E-state index in [0.717, 1.165) is 42.4 Å². The van der Waals surface area contributed by atoms with E-state index in [4.69, 9.17) is 9.47 Å². The molecule has 0 aromatic heterocycles. The van der Waals surface area contributed by atoms with Crippen molar-refractivity contribution in [2.45, 2.75) is 51.9 Å². The highest BCUT2D eigenvalue weighted by atomic mass is 16.5. The Hall–Kier alpha value is -2.82. The van der Waals surface area contributed by atoms with Gasteiger partial charge in [0.05, 0.1) is 7.11 Å². The first-order chi connectivity index (χ1) is 14.1. The summed E-state index contributed by atoms with van der Waals surface area (Å²) in [5, 5.41) is 10.2. The summed E-state index contributed by atoms with van der Waals surface area (Å²) in [6.45, 7) is 2.06. The Bertz CT molecular complexity index is 900. The molecule has 0 spiro atoms. The average molecular weight is 396 g/mol. The molecule has 0 bridgehead atoms. The number of ketones is 2. The first-order valence-electron chi connectivity index (χ1n) is 10.3. The van der Waals surface area contributed by atoms with E-state index in [1.807, 2.05) is 18.2 Å². The van der Waals surface area contributed by atoms with Gasteiger partial charge < -0.3 is 14.6 Å². The second kappa shape index (κ2) is 9.59. The van der Waals surface area contributed by atoms with Gasteiger partial charge in [0.1, 0.15) is 6.61 Å². The van der Waals surface area contributed by atoms with Gasteiger partial charge in [-0.2, -0.15) is 0 Å². The second-order valence-corrected chi connectivity index (χ2v) is 7.39. The van der Waals surface area contributed by atoms with Crippen molar-refractivity contribution >= 4 is 11.6 Å². The fourth-order valence-electron chi connectivity index (χ4n) is 3.82. The molecule has 0 saturated carbocycles. The van der Waals surface area contributed by atoms with E-state index in [-0.39, 0.29) is 29.7 Å². The molecule has 2 aromatic carbocycles. The molecular weight excluding hydrogens is 368 g/mol. The van der Waals surface area contributed by atoms with E-state index >= 15 is 0 Å². The van der Waals surface area contributed by atoms with Gasteiger partial charge in [-0.25, -0.2) is 0 Å². The molecule has 3 rings (SSSR count). The summed E-state index contributed by atoms with van der Waals surface area (Å²) < 4.78 is 11.3. The first-order valence-corrected chi connectivity index (χ1v) is 10.3. The number of aromatic hydroxyl groups is 1. The Kier molecular flexibility index (Phi) is 6.91. The van der Waals surface area contributed by atoms with Crippen molar-refractivity contribution in [3.8, 4) is 28.4 Å². The molecule has 0 atom stereocenters. The van der Waals surface area contributed by atoms with Crippen LogP contribution in [0, 0.1) is 0 Å². The predicted molar refractivity (Wildman–Crippen MR) is 112 cm³/mol. The normalized spacial score (nSPS) is 12.7. The number of carbonyl (C=O) groups excluding carboxylic acids is 2. The summed E-state index contributed by atoms with van der Waals surface area (Å²) in [6, 6.07) is 8.91. The van der Waals surface area contributed by atoms with E-state index in [2.05, 4.69) is 6.92 Å². The highest BCUT2D eigenvalue weighted by Crippen LogP contribution is 2.46. The molecule has 2 aromatic rings. The van der Waals surface area contributed by atoms with Crippen molar-refractivity contribution in [3.05, 3.63) is 41.5 Å². The lowest BCUT2D eigenvalue weighted by atomic mass is 9.95. The zero-order valence-corrected chi connectivity index (χ0v) is 17.1. The smallest absolute Gasteiger partial charge is 0.203 e. The first kappa shape index (κ1) is 20.9. The molecule has 0 heterocycles. The predicted octanol–water partition coefficient (Wildman–Crippen LogP) is 5.12. The van der Waals surface area contributed by atoms with Crippen LogP contribution in [0.5, 0.6) is 17.2 Å². The molecule has 0 unspecified atom stereocenters. The molecule has 29 heavy (non-hydrogen) atoms. The number of hydrogen-bond donors (Lipinski definition) is 1. The number of unbranched alkanes of at least 4 members (excludes halogenated alkanes) is 3. The molecule has 5 nitrogen and oxygen atoms in total. The van der Waals surface area contributed by atoms with Crippen LogP contribution in [0.15, 0.2) is 30.3 Å². The number of benzene rings is 2. The van der Waals surface area contributed by atoms with Crippen LogP contribution in [-0.2, 0) is 11.2 Å². The van der Waals surface area contributed by atoms with Crippen LogP contribution in [0.1, 0.15) is 61.4 Å². The van der Waals surface area contributed by atoms with Crippen LogP contribution in [0.4, 0.5) is 0 Å². The zero-order chi connectivity index (χ0) is 20.8. The van der Waals surface area contributed by atoms with Crippen molar-refractivity contribution in [2.24, 2.45) is 0 Å². The van der Waals surface area contributed by atoms with Gasteiger partial charge in [-0.05, 0) is 36.1 Å². The number of ether oxygens (including phenoxy) is 2. The molecule has 0 aliphatic heterocycles. The van der Waals surface area contributed by atoms with Gasteiger partial charge in [-0.1, -0.05) is 44.4 Å². The number of fused-ring (bicyclic) bond motifs is 1. The second-order valence-electron chi connectivity index (χ2n) is 7.39. The summed E-state index contributed by atoms with van der Waals surface area (Å²) in [5.74, 6) is 0.638. The van der Waals surface area contributed by atoms with E-state index < -0.39 is 0 Å². The minimum absolute atomic E-state index is 0.0194. The maximum Gasteiger partial charge on any atom is 0.203 e. The van der Waals surface area contributed by atoms with Gasteiger partial charge >= 0.3 is 0 Å². The Labute approximate surface area is 171 Å². The summed E-state index contributed by atoms with van der Waals surface area (Å²) in [4.78, 5) is 24.4. The largest absolute Gasteiger partial charge is 0.504 e. The number of Topliss-reactive ketones (excluding diaryl/α,β-unsaturated/α-hetero) is 2. The van der Waals surface area contributed by atoms with E-state index in [1.165, 1.54) is 7.11 Å². The highest BCUT2D eigenvalue weighted by molar-refractivity contribution is 6.02. The topological polar surface area (TPSA) is 72.8 Å². The number of hydrogen-bond acceptors (Lipinski definition) is 5. The highest BCUT2D eigenvalue weighted by Gasteiger charge is 2.25. The fraction of sp³-hybridized carbons (Fsp3) is 0.417. The summed E-state index contributed by atoms with van der Waals surface area (Å²) in [6.07, 6.45) is 5.78. The van der Waals surface area contributed by atoms with E-state index in [0.29, 0.717) is 30.6 Å². The van der Waals surface area contributed by atoms with Crippen LogP contribution in [0.2, 0.25) is 0 Å². The maximum atomic E-state index is 12.3. The van der Waals surface area contributed by atoms with E-state index in [9.17, 15) is 14.7 Å². The monoisotopic (exact) mass is 396 g/mol. The zero-order valence-electron chi connectivity index (χ0n) is 17.1. The third kappa shape index (κ3) is 4.61. The summed E-state index contributed by atoms with van der Waals surface area (Å²) in [5.41, 5.74) is 3.29. The third-order valence-corrected chi connectivity index (χ3v) is 5.35. The van der Waals surface area contributed by atoms with Crippen molar-refractivity contribution < 1.29 is 24.2 Å². The van der Waals surface area contributed by atoms with Gasteiger partial charge in [0.25, 0.3) is 0 Å². The average Bonchev–Trinajstić information content (AvgIpc) is 3.11. The molecule has 154 valence electrons. The molecule has 1 aliphatic rings. The molecule has 0 saturated heterocycles. The lowest BCUT2D eigenvalue weighted by Gasteiger charge is -2.18. The van der Waals surface area contributed by atoms with Crippen molar-refractivity contribution in [3.63, 3.8) is 0 Å². The molecule has 0 amide bonds. The number of phenols is 1. The SMILES string of the molecule is CCCCCCC(=O)COc1c(-c2cccc3c2CCC3=O)ccc(O)c1OC. The van der Waals surface area contributed by atoms with Crippen LogP contribution in [0.25, 0.3) is 11.1 Å². The van der Waals surface area contributed by atoms with Crippen molar-refractivity contribution in [1.29, 1.82) is 0 Å². The molecule has 1 aliphatic carbocycles. The lowest BCUT2D eigenvalue weighted by Crippen LogP contribution is -2.12. The quantitative estimate of drug-likeness (QED) is 0.565. The van der Waals surface area contributed by atoms with Crippen molar-refractivity contribution in [1.82, 2.24) is 0 Å². The number of rotatable bonds is 10. The number of carbonyl (C=O) groups is 2. The van der Waals surface area contributed by atoms with Gasteiger partial charge in [0.2, 0.25) is 5.75 Å². The van der Waals surface area contributed by atoms with Crippen LogP contribution in [-0.4, -0.2) is 30.4 Å². The minimum atomic E-state index is -0.0765. The van der Waals surface area contributed by atoms with E-state index in [1.54, 1.807) is 12.1 Å². The minimum Gasteiger partial charge on any atom is -0.504 e. The number of phenolic OH excluding ortho intramolecular Hbond substituents is 1. The van der Waals surface area contributed by atoms with Crippen LogP contribution in [0.3, 0.4) is 0 Å². The molecule has 0 fully saturated rings. The van der Waals surface area contributed by atoms with Crippen molar-refractivity contribution in [2.75, 3.05) is 13.7 Å². The lowest BCUT2D eigenvalue weighted by molar-refractivity contribution is -0.121. The molecule has 5 heteroatoms.